The molecule has 0 saturated carbocycles. The van der Waals surface area contributed by atoms with E-state index in [1.165, 1.54) is 6.07 Å². The molecule has 0 atom stereocenters. The van der Waals surface area contributed by atoms with Crippen LogP contribution in [0.1, 0.15) is 41.4 Å². The molecule has 4 aromatic rings. The van der Waals surface area contributed by atoms with Crippen LogP contribution in [0.5, 0.6) is 0 Å². The number of nitrogen functional groups attached to an aromatic ring is 2. The molecular formula is C26H17N3O7. The minimum atomic E-state index is -1.24. The summed E-state index contributed by atoms with van der Waals surface area (Å²) in [5.74, 6) is -3.69. The first kappa shape index (κ1) is 22.5. The Morgan fingerprint density at radius 1 is 0.694 bits per heavy atom. The number of amides is 2. The molecule has 10 heteroatoms. The fraction of sp³-hybridized carbons (Fsp3) is 0.0385. The summed E-state index contributed by atoms with van der Waals surface area (Å²) in [6.07, 6.45) is 0. The second-order valence-electron chi connectivity index (χ2n) is 8.13. The van der Waals surface area contributed by atoms with E-state index in [9.17, 15) is 24.0 Å². The van der Waals surface area contributed by atoms with Crippen LogP contribution in [0.4, 0.5) is 11.4 Å². The van der Waals surface area contributed by atoms with E-state index in [0.29, 0.717) is 55.2 Å². The molecule has 2 aliphatic heterocycles. The number of aliphatic carboxylic acids is 1. The molecule has 4 aromatic carbocycles. The number of rotatable bonds is 2. The van der Waals surface area contributed by atoms with Crippen molar-refractivity contribution in [1.82, 2.24) is 4.90 Å². The Labute approximate surface area is 202 Å². The predicted molar refractivity (Wildman–Crippen MR) is 129 cm³/mol. The third-order valence-corrected chi connectivity index (χ3v) is 6.02. The number of carbonyl (C=O) groups is 5. The average molecular weight is 483 g/mol. The molecule has 5 N–H and O–H groups in total. The lowest BCUT2D eigenvalue weighted by Crippen LogP contribution is -2.43. The van der Waals surface area contributed by atoms with E-state index in [1.807, 2.05) is 0 Å². The Hall–Kier alpha value is -5.25. The number of cyclic esters (lactones) is 2. The van der Waals surface area contributed by atoms with Gasteiger partial charge in [0, 0.05) is 44.0 Å². The van der Waals surface area contributed by atoms with Crippen LogP contribution in [0.25, 0.3) is 21.5 Å². The maximum atomic E-state index is 12.3. The number of nitrogens with two attached hydrogens (primary N) is 2. The first-order chi connectivity index (χ1) is 17.2. The molecular weight excluding hydrogens is 466 g/mol. The molecule has 2 aliphatic rings. The van der Waals surface area contributed by atoms with Crippen LogP contribution in [0.2, 0.25) is 0 Å². The maximum Gasteiger partial charge on any atom is 0.346 e. The summed E-state index contributed by atoms with van der Waals surface area (Å²) >= 11 is 0. The molecule has 0 aliphatic carbocycles. The fourth-order valence-electron chi connectivity index (χ4n) is 4.41. The quantitative estimate of drug-likeness (QED) is 0.168. The number of esters is 2. The van der Waals surface area contributed by atoms with E-state index in [-0.39, 0.29) is 0 Å². The molecule has 0 aromatic heterocycles. The Morgan fingerprint density at radius 2 is 1.14 bits per heavy atom. The Balaban J connectivity index is 0.000000152. The van der Waals surface area contributed by atoms with Gasteiger partial charge in [0.2, 0.25) is 0 Å². The molecule has 2 amide bonds. The predicted octanol–water partition coefficient (Wildman–Crippen LogP) is 2.84. The van der Waals surface area contributed by atoms with Crippen LogP contribution in [0.3, 0.4) is 0 Å². The van der Waals surface area contributed by atoms with Crippen LogP contribution in [-0.4, -0.2) is 46.3 Å². The molecule has 0 spiro atoms. The number of carbonyl (C=O) groups excluding carboxylic acids is 4. The summed E-state index contributed by atoms with van der Waals surface area (Å²) in [6.45, 7) is -0.655. The number of benzene rings is 4. The zero-order valence-corrected chi connectivity index (χ0v) is 18.5. The third-order valence-electron chi connectivity index (χ3n) is 6.02. The van der Waals surface area contributed by atoms with Gasteiger partial charge in [0.05, 0.1) is 11.1 Å². The van der Waals surface area contributed by atoms with Gasteiger partial charge in [0.15, 0.2) is 0 Å². The molecule has 0 unspecified atom stereocenters. The van der Waals surface area contributed by atoms with Gasteiger partial charge in [-0.2, -0.15) is 0 Å². The number of nitrogens with zero attached hydrogens (tertiary/aromatic N) is 1. The topological polar surface area (TPSA) is 170 Å². The summed E-state index contributed by atoms with van der Waals surface area (Å²) in [5.41, 5.74) is 14.0. The van der Waals surface area contributed by atoms with Crippen LogP contribution in [0.15, 0.2) is 60.7 Å². The second kappa shape index (κ2) is 8.20. The van der Waals surface area contributed by atoms with Crippen molar-refractivity contribution >= 4 is 62.6 Å². The number of carboxylic acids is 1. The zero-order chi connectivity index (χ0) is 25.7. The summed E-state index contributed by atoms with van der Waals surface area (Å²) in [6, 6.07) is 16.4. The highest BCUT2D eigenvalue weighted by Gasteiger charge is 2.34. The van der Waals surface area contributed by atoms with Crippen molar-refractivity contribution in [2.45, 2.75) is 0 Å². The van der Waals surface area contributed by atoms with E-state index in [1.54, 1.807) is 54.6 Å². The Morgan fingerprint density at radius 3 is 1.69 bits per heavy atom. The van der Waals surface area contributed by atoms with Gasteiger partial charge in [0.25, 0.3) is 11.8 Å². The van der Waals surface area contributed by atoms with E-state index in [2.05, 4.69) is 4.74 Å². The van der Waals surface area contributed by atoms with Crippen molar-refractivity contribution in [2.75, 3.05) is 18.0 Å². The highest BCUT2D eigenvalue weighted by Crippen LogP contribution is 2.33. The Bertz CT molecular complexity index is 1630. The molecule has 36 heavy (non-hydrogen) atoms. The Kier molecular flexibility index (Phi) is 5.14. The molecule has 6 rings (SSSR count). The van der Waals surface area contributed by atoms with Crippen LogP contribution >= 0.6 is 0 Å². The smallest absolute Gasteiger partial charge is 0.346 e. The molecule has 0 fully saturated rings. The second-order valence-corrected chi connectivity index (χ2v) is 8.13. The molecule has 0 bridgehead atoms. The normalized spacial score (nSPS) is 13.9. The van der Waals surface area contributed by atoms with E-state index in [0.717, 1.165) is 4.90 Å². The van der Waals surface area contributed by atoms with Crippen molar-refractivity contribution in [3.05, 3.63) is 82.9 Å². The number of carboxylic acid groups (broad SMARTS) is 1. The van der Waals surface area contributed by atoms with Gasteiger partial charge in [0.1, 0.15) is 6.54 Å². The largest absolute Gasteiger partial charge is 0.480 e. The zero-order valence-electron chi connectivity index (χ0n) is 18.5. The number of hydrogen-bond acceptors (Lipinski definition) is 8. The lowest BCUT2D eigenvalue weighted by molar-refractivity contribution is -0.137. The average Bonchev–Trinajstić information content (AvgIpc) is 2.85. The van der Waals surface area contributed by atoms with Gasteiger partial charge in [-0.3, -0.25) is 19.3 Å². The van der Waals surface area contributed by atoms with Gasteiger partial charge in [-0.25, -0.2) is 9.59 Å². The van der Waals surface area contributed by atoms with Crippen molar-refractivity contribution in [3.8, 4) is 0 Å². The first-order valence-corrected chi connectivity index (χ1v) is 10.7. The summed E-state index contributed by atoms with van der Waals surface area (Å²) in [5, 5.41) is 11.2. The number of hydrogen-bond donors (Lipinski definition) is 3. The minimum Gasteiger partial charge on any atom is -0.480 e. The standard InChI is InChI=1S/C14H10N2O4.C12H7NO3/c15-10-5-4-9-12-7(10)2-1-3-8(12)13(19)16(14(9)20)6-11(17)18;13-9-5-4-8-10-6(9)2-1-3-7(10)11(14)16-12(8)15/h1-5H,6,15H2,(H,17,18);1-5H,13H2. The first-order valence-electron chi connectivity index (χ1n) is 10.7. The summed E-state index contributed by atoms with van der Waals surface area (Å²) in [4.78, 5) is 59.1. The van der Waals surface area contributed by atoms with Crippen molar-refractivity contribution in [2.24, 2.45) is 0 Å². The van der Waals surface area contributed by atoms with Gasteiger partial charge >= 0.3 is 17.9 Å². The summed E-state index contributed by atoms with van der Waals surface area (Å²) in [7, 11) is 0. The highest BCUT2D eigenvalue weighted by atomic mass is 16.6. The molecule has 10 nitrogen and oxygen atoms in total. The minimum absolute atomic E-state index is 0.297. The van der Waals surface area contributed by atoms with Crippen molar-refractivity contribution in [1.29, 1.82) is 0 Å². The third kappa shape index (κ3) is 3.40. The molecule has 2 heterocycles. The van der Waals surface area contributed by atoms with Crippen molar-refractivity contribution in [3.63, 3.8) is 0 Å². The molecule has 178 valence electrons. The summed E-state index contributed by atoms with van der Waals surface area (Å²) < 4.78 is 4.62. The lowest BCUT2D eigenvalue weighted by atomic mass is 9.93. The van der Waals surface area contributed by atoms with Gasteiger partial charge in [-0.15, -0.1) is 0 Å². The van der Waals surface area contributed by atoms with Crippen molar-refractivity contribution < 1.29 is 33.8 Å². The highest BCUT2D eigenvalue weighted by molar-refractivity contribution is 6.27. The monoisotopic (exact) mass is 483 g/mol. The SMILES string of the molecule is Nc1ccc2c3c(cccc13)C(=O)N(CC(=O)O)C2=O.Nc1ccc2c3c(cccc13)C(=O)OC2=O. The number of imide groups is 1. The van der Waals surface area contributed by atoms with E-state index >= 15 is 0 Å². The van der Waals surface area contributed by atoms with E-state index in [4.69, 9.17) is 16.6 Å². The van der Waals surface area contributed by atoms with Gasteiger partial charge in [-0.05, 0) is 36.4 Å². The number of anilines is 2. The maximum absolute atomic E-state index is 12.3. The lowest BCUT2D eigenvalue weighted by Gasteiger charge is -2.26. The van der Waals surface area contributed by atoms with Gasteiger partial charge in [-0.1, -0.05) is 24.3 Å². The fourth-order valence-corrected chi connectivity index (χ4v) is 4.41. The van der Waals surface area contributed by atoms with Gasteiger partial charge < -0.3 is 21.3 Å². The van der Waals surface area contributed by atoms with Crippen LogP contribution < -0.4 is 11.5 Å². The number of ether oxygens (including phenoxy) is 1. The molecule has 0 saturated heterocycles. The van der Waals surface area contributed by atoms with Crippen LogP contribution in [0, 0.1) is 0 Å². The van der Waals surface area contributed by atoms with E-state index < -0.39 is 36.3 Å². The molecule has 0 radical (unpaired) electrons. The van der Waals surface area contributed by atoms with Crippen LogP contribution in [-0.2, 0) is 9.53 Å².